The first-order chi connectivity index (χ1) is 7.13. The maximum Gasteiger partial charge on any atom is 0.407 e. The maximum atomic E-state index is 11.1. The van der Waals surface area contributed by atoms with Gasteiger partial charge in [-0.1, -0.05) is 0 Å². The van der Waals surface area contributed by atoms with E-state index in [0.717, 1.165) is 0 Å². The van der Waals surface area contributed by atoms with Crippen molar-refractivity contribution < 1.29 is 19.1 Å². The number of carbonyl (C=O) groups is 1. The minimum absolute atomic E-state index is 0.0246. The lowest BCUT2D eigenvalue weighted by molar-refractivity contribution is 0.115. The molecule has 1 unspecified atom stereocenters. The van der Waals surface area contributed by atoms with Gasteiger partial charge in [-0.2, -0.15) is 0 Å². The van der Waals surface area contributed by atoms with Gasteiger partial charge in [-0.3, -0.25) is 0 Å². The summed E-state index contributed by atoms with van der Waals surface area (Å²) in [5, 5.41) is 10.9. The number of hydrogen-bond acceptors (Lipinski definition) is 5. The van der Waals surface area contributed by atoms with E-state index in [1.807, 2.05) is 0 Å². The SMILES string of the molecule is Cc1cnc(C(C)NC(=O)OCCO)o1. The van der Waals surface area contributed by atoms with E-state index in [1.54, 1.807) is 20.0 Å². The van der Waals surface area contributed by atoms with Crippen LogP contribution in [0.2, 0.25) is 0 Å². The minimum atomic E-state index is -0.604. The summed E-state index contributed by atoms with van der Waals surface area (Å²) in [6.45, 7) is 3.28. The number of carbonyl (C=O) groups excluding carboxylic acids is 1. The topological polar surface area (TPSA) is 84.6 Å². The number of oxazole rings is 1. The number of aliphatic hydroxyl groups excluding tert-OH is 1. The van der Waals surface area contributed by atoms with E-state index in [4.69, 9.17) is 9.52 Å². The number of alkyl carbamates (subject to hydrolysis) is 1. The van der Waals surface area contributed by atoms with E-state index in [9.17, 15) is 4.79 Å². The Morgan fingerprint density at radius 2 is 2.53 bits per heavy atom. The molecule has 1 aromatic heterocycles. The zero-order valence-electron chi connectivity index (χ0n) is 8.69. The van der Waals surface area contributed by atoms with Gasteiger partial charge < -0.3 is 19.6 Å². The van der Waals surface area contributed by atoms with Crippen LogP contribution in [0.1, 0.15) is 24.6 Å². The molecule has 0 aliphatic heterocycles. The molecule has 0 saturated heterocycles. The number of nitrogens with one attached hydrogen (secondary N) is 1. The Balaban J connectivity index is 2.41. The molecule has 2 N–H and O–H groups in total. The van der Waals surface area contributed by atoms with Crippen molar-refractivity contribution in [3.05, 3.63) is 17.8 Å². The van der Waals surface area contributed by atoms with Gasteiger partial charge in [0.05, 0.1) is 12.8 Å². The molecule has 1 aromatic rings. The Kier molecular flexibility index (Phi) is 4.11. The second-order valence-electron chi connectivity index (χ2n) is 3.03. The molecule has 0 spiro atoms. The molecule has 1 amide bonds. The first-order valence-corrected chi connectivity index (χ1v) is 4.60. The summed E-state index contributed by atoms with van der Waals surface area (Å²) in [7, 11) is 0. The van der Waals surface area contributed by atoms with Crippen molar-refractivity contribution in [3.8, 4) is 0 Å². The highest BCUT2D eigenvalue weighted by molar-refractivity contribution is 5.67. The van der Waals surface area contributed by atoms with E-state index in [2.05, 4.69) is 15.0 Å². The Morgan fingerprint density at radius 3 is 3.07 bits per heavy atom. The van der Waals surface area contributed by atoms with Crippen LogP contribution in [-0.4, -0.2) is 29.4 Å². The molecule has 1 atom stereocenters. The second kappa shape index (κ2) is 5.35. The predicted molar refractivity (Wildman–Crippen MR) is 51.2 cm³/mol. The van der Waals surface area contributed by atoms with Crippen LogP contribution < -0.4 is 5.32 Å². The molecule has 0 aliphatic rings. The number of aliphatic hydroxyl groups is 1. The average Bonchev–Trinajstić information content (AvgIpc) is 2.61. The molecule has 0 aromatic carbocycles. The Hall–Kier alpha value is -1.56. The zero-order chi connectivity index (χ0) is 11.3. The zero-order valence-corrected chi connectivity index (χ0v) is 8.69. The van der Waals surface area contributed by atoms with Gasteiger partial charge in [0.2, 0.25) is 5.89 Å². The number of nitrogens with zero attached hydrogens (tertiary/aromatic N) is 1. The van der Waals surface area contributed by atoms with Gasteiger partial charge in [0, 0.05) is 0 Å². The molecule has 6 heteroatoms. The van der Waals surface area contributed by atoms with E-state index < -0.39 is 6.09 Å². The van der Waals surface area contributed by atoms with Gasteiger partial charge >= 0.3 is 6.09 Å². The van der Waals surface area contributed by atoms with Crippen molar-refractivity contribution in [1.29, 1.82) is 0 Å². The third kappa shape index (κ3) is 3.59. The molecule has 0 radical (unpaired) electrons. The molecular weight excluding hydrogens is 200 g/mol. The molecule has 84 valence electrons. The van der Waals surface area contributed by atoms with Crippen molar-refractivity contribution in [2.24, 2.45) is 0 Å². The second-order valence-corrected chi connectivity index (χ2v) is 3.03. The van der Waals surface area contributed by atoms with E-state index >= 15 is 0 Å². The fourth-order valence-corrected chi connectivity index (χ4v) is 0.991. The standard InChI is InChI=1S/C9H14N2O4/c1-6-5-10-8(15-6)7(2)11-9(13)14-4-3-12/h5,7,12H,3-4H2,1-2H3,(H,11,13). The number of ether oxygens (including phenoxy) is 1. The minimum Gasteiger partial charge on any atom is -0.447 e. The third-order valence-corrected chi connectivity index (χ3v) is 1.67. The van der Waals surface area contributed by atoms with Gasteiger partial charge in [0.1, 0.15) is 18.4 Å². The third-order valence-electron chi connectivity index (χ3n) is 1.67. The molecule has 0 bridgehead atoms. The monoisotopic (exact) mass is 214 g/mol. The van der Waals surface area contributed by atoms with Crippen molar-refractivity contribution in [2.75, 3.05) is 13.2 Å². The van der Waals surface area contributed by atoms with Gasteiger partial charge in [-0.05, 0) is 13.8 Å². The van der Waals surface area contributed by atoms with Crippen LogP contribution in [0.5, 0.6) is 0 Å². The summed E-state index contributed by atoms with van der Waals surface area (Å²) < 4.78 is 9.84. The smallest absolute Gasteiger partial charge is 0.407 e. The summed E-state index contributed by atoms with van der Waals surface area (Å²) in [6, 6.07) is -0.357. The Bertz CT molecular complexity index is 324. The summed E-state index contributed by atoms with van der Waals surface area (Å²) >= 11 is 0. The first-order valence-electron chi connectivity index (χ1n) is 4.60. The molecule has 6 nitrogen and oxygen atoms in total. The van der Waals surface area contributed by atoms with E-state index in [0.29, 0.717) is 11.7 Å². The van der Waals surface area contributed by atoms with Crippen LogP contribution in [0.25, 0.3) is 0 Å². The molecule has 1 rings (SSSR count). The molecule has 0 saturated carbocycles. The van der Waals surface area contributed by atoms with Crippen LogP contribution in [-0.2, 0) is 4.74 Å². The van der Waals surface area contributed by atoms with E-state index in [-0.39, 0.29) is 19.3 Å². The summed E-state index contributed by atoms with van der Waals surface area (Å²) in [5.74, 6) is 1.11. The lowest BCUT2D eigenvalue weighted by Crippen LogP contribution is -2.28. The van der Waals surface area contributed by atoms with Crippen LogP contribution in [0.3, 0.4) is 0 Å². The predicted octanol–water partition coefficient (Wildman–Crippen LogP) is 0.763. The molecule has 0 fully saturated rings. The molecular formula is C9H14N2O4. The highest BCUT2D eigenvalue weighted by atomic mass is 16.6. The van der Waals surface area contributed by atoms with Crippen molar-refractivity contribution in [3.63, 3.8) is 0 Å². The summed E-state index contributed by atoms with van der Waals surface area (Å²) in [5.41, 5.74) is 0. The summed E-state index contributed by atoms with van der Waals surface area (Å²) in [4.78, 5) is 15.0. The largest absolute Gasteiger partial charge is 0.447 e. The summed E-state index contributed by atoms with van der Waals surface area (Å²) in [6.07, 6.45) is 0.972. The number of rotatable bonds is 4. The molecule has 1 heterocycles. The van der Waals surface area contributed by atoms with Crippen molar-refractivity contribution in [2.45, 2.75) is 19.9 Å². The fourth-order valence-electron chi connectivity index (χ4n) is 0.991. The van der Waals surface area contributed by atoms with Gasteiger partial charge in [-0.15, -0.1) is 0 Å². The normalized spacial score (nSPS) is 12.2. The van der Waals surface area contributed by atoms with Crippen LogP contribution in [0.15, 0.2) is 10.6 Å². The number of hydrogen-bond donors (Lipinski definition) is 2. The Labute approximate surface area is 87.3 Å². The highest BCUT2D eigenvalue weighted by Gasteiger charge is 2.14. The lowest BCUT2D eigenvalue weighted by Gasteiger charge is -2.09. The van der Waals surface area contributed by atoms with E-state index in [1.165, 1.54) is 0 Å². The van der Waals surface area contributed by atoms with Crippen molar-refractivity contribution >= 4 is 6.09 Å². The quantitative estimate of drug-likeness (QED) is 0.773. The fraction of sp³-hybridized carbons (Fsp3) is 0.556. The van der Waals surface area contributed by atoms with Gasteiger partial charge in [0.25, 0.3) is 0 Å². The average molecular weight is 214 g/mol. The number of aromatic nitrogens is 1. The Morgan fingerprint density at radius 1 is 1.80 bits per heavy atom. The number of aryl methyl sites for hydroxylation is 1. The van der Waals surface area contributed by atoms with Crippen molar-refractivity contribution in [1.82, 2.24) is 10.3 Å². The van der Waals surface area contributed by atoms with Gasteiger partial charge in [-0.25, -0.2) is 9.78 Å². The highest BCUT2D eigenvalue weighted by Crippen LogP contribution is 2.11. The molecule has 0 aliphatic carbocycles. The maximum absolute atomic E-state index is 11.1. The van der Waals surface area contributed by atoms with Crippen LogP contribution in [0.4, 0.5) is 4.79 Å². The lowest BCUT2D eigenvalue weighted by atomic mass is 10.3. The number of amides is 1. The van der Waals surface area contributed by atoms with Crippen LogP contribution >= 0.6 is 0 Å². The van der Waals surface area contributed by atoms with Gasteiger partial charge in [0.15, 0.2) is 0 Å². The molecule has 15 heavy (non-hydrogen) atoms. The first kappa shape index (κ1) is 11.5. The van der Waals surface area contributed by atoms with Crippen LogP contribution in [0, 0.1) is 6.92 Å².